The summed E-state index contributed by atoms with van der Waals surface area (Å²) in [6, 6.07) is 0. The molecular formula is C13H27NO3. The molecule has 3 atom stereocenters. The quantitative estimate of drug-likeness (QED) is 0.654. The van der Waals surface area contributed by atoms with E-state index in [-0.39, 0.29) is 17.9 Å². The lowest BCUT2D eigenvalue weighted by Crippen LogP contribution is -2.42. The van der Waals surface area contributed by atoms with Gasteiger partial charge >= 0.3 is 0 Å². The average molecular weight is 245 g/mol. The molecule has 0 saturated carbocycles. The Morgan fingerprint density at radius 1 is 1.24 bits per heavy atom. The fourth-order valence-electron chi connectivity index (χ4n) is 1.78. The van der Waals surface area contributed by atoms with Gasteiger partial charge in [-0.15, -0.1) is 0 Å². The maximum Gasteiger partial charge on any atom is 0.228 e. The van der Waals surface area contributed by atoms with Crippen molar-refractivity contribution in [2.75, 3.05) is 33.9 Å². The first-order chi connectivity index (χ1) is 7.97. The fraction of sp³-hybridized carbons (Fsp3) is 0.923. The number of carbonyl (C=O) groups is 1. The topological polar surface area (TPSA) is 38.8 Å². The van der Waals surface area contributed by atoms with Crippen LogP contribution in [0.1, 0.15) is 27.7 Å². The summed E-state index contributed by atoms with van der Waals surface area (Å²) in [4.78, 5) is 14.1. The molecule has 0 saturated heterocycles. The second kappa shape index (κ2) is 8.48. The molecule has 4 nitrogen and oxygen atoms in total. The second-order valence-corrected chi connectivity index (χ2v) is 4.67. The number of hydrogen-bond acceptors (Lipinski definition) is 3. The smallest absolute Gasteiger partial charge is 0.228 e. The van der Waals surface area contributed by atoms with Gasteiger partial charge in [-0.05, 0) is 19.8 Å². The number of hydrogen-bond donors (Lipinski definition) is 0. The van der Waals surface area contributed by atoms with Gasteiger partial charge in [0.25, 0.3) is 0 Å². The Labute approximate surface area is 105 Å². The minimum atomic E-state index is -0.102. The number of amides is 1. The molecule has 1 amide bonds. The Morgan fingerprint density at radius 2 is 1.82 bits per heavy atom. The summed E-state index contributed by atoms with van der Waals surface area (Å²) in [6.07, 6.45) is -0.0470. The Morgan fingerprint density at radius 3 is 2.24 bits per heavy atom. The molecule has 0 aliphatic heterocycles. The Hall–Kier alpha value is -0.610. The maximum atomic E-state index is 12.2. The van der Waals surface area contributed by atoms with Crippen LogP contribution in [0.5, 0.6) is 0 Å². The molecule has 0 aromatic rings. The molecule has 0 N–H and O–H groups in total. The van der Waals surface area contributed by atoms with Gasteiger partial charge in [0.05, 0.1) is 18.6 Å². The lowest BCUT2D eigenvalue weighted by Gasteiger charge is -2.29. The van der Waals surface area contributed by atoms with E-state index in [1.54, 1.807) is 14.2 Å². The highest BCUT2D eigenvalue weighted by molar-refractivity contribution is 5.79. The monoisotopic (exact) mass is 245 g/mol. The van der Waals surface area contributed by atoms with Crippen molar-refractivity contribution >= 4 is 5.91 Å². The van der Waals surface area contributed by atoms with Gasteiger partial charge in [0.15, 0.2) is 0 Å². The van der Waals surface area contributed by atoms with Gasteiger partial charge in [-0.25, -0.2) is 0 Å². The molecule has 0 heterocycles. The van der Waals surface area contributed by atoms with Gasteiger partial charge in [-0.2, -0.15) is 0 Å². The zero-order valence-corrected chi connectivity index (χ0v) is 12.0. The van der Waals surface area contributed by atoms with Crippen LogP contribution in [0, 0.1) is 11.8 Å². The molecule has 17 heavy (non-hydrogen) atoms. The zero-order valence-electron chi connectivity index (χ0n) is 12.0. The third kappa shape index (κ3) is 5.50. The number of carbonyl (C=O) groups excluding carboxylic acids is 1. The van der Waals surface area contributed by atoms with E-state index in [0.29, 0.717) is 12.5 Å². The molecule has 0 aliphatic rings. The van der Waals surface area contributed by atoms with E-state index in [1.807, 2.05) is 25.7 Å². The average Bonchev–Trinajstić information content (AvgIpc) is 2.33. The van der Waals surface area contributed by atoms with Crippen LogP contribution in [-0.2, 0) is 14.3 Å². The van der Waals surface area contributed by atoms with Crippen molar-refractivity contribution < 1.29 is 14.3 Å². The highest BCUT2D eigenvalue weighted by atomic mass is 16.5. The lowest BCUT2D eigenvalue weighted by molar-refractivity contribution is -0.139. The molecule has 0 bridgehead atoms. The highest BCUT2D eigenvalue weighted by Gasteiger charge is 2.25. The van der Waals surface area contributed by atoms with E-state index in [1.165, 1.54) is 0 Å². The first-order valence-electron chi connectivity index (χ1n) is 6.28. The molecule has 0 aromatic heterocycles. The van der Waals surface area contributed by atoms with Crippen LogP contribution in [0.2, 0.25) is 0 Å². The number of methoxy groups -OCH3 is 2. The van der Waals surface area contributed by atoms with Gasteiger partial charge in [0.2, 0.25) is 5.91 Å². The van der Waals surface area contributed by atoms with E-state index in [0.717, 1.165) is 13.1 Å². The summed E-state index contributed by atoms with van der Waals surface area (Å²) in [5.41, 5.74) is 0. The molecule has 0 fully saturated rings. The first-order valence-corrected chi connectivity index (χ1v) is 6.28. The molecule has 3 unspecified atom stereocenters. The van der Waals surface area contributed by atoms with Gasteiger partial charge in [0.1, 0.15) is 0 Å². The van der Waals surface area contributed by atoms with E-state index in [2.05, 4.69) is 6.92 Å². The van der Waals surface area contributed by atoms with Crippen molar-refractivity contribution in [2.24, 2.45) is 11.8 Å². The van der Waals surface area contributed by atoms with Gasteiger partial charge in [0, 0.05) is 27.3 Å². The Balaban J connectivity index is 4.39. The van der Waals surface area contributed by atoms with Crippen molar-refractivity contribution in [3.63, 3.8) is 0 Å². The minimum absolute atomic E-state index is 0.0470. The third-order valence-electron chi connectivity index (χ3n) is 3.14. The van der Waals surface area contributed by atoms with Crippen molar-refractivity contribution in [1.29, 1.82) is 0 Å². The fourth-order valence-corrected chi connectivity index (χ4v) is 1.78. The van der Waals surface area contributed by atoms with Crippen molar-refractivity contribution in [3.05, 3.63) is 0 Å². The highest BCUT2D eigenvalue weighted by Crippen LogP contribution is 2.12. The van der Waals surface area contributed by atoms with Gasteiger partial charge < -0.3 is 14.4 Å². The summed E-state index contributed by atoms with van der Waals surface area (Å²) >= 11 is 0. The molecule has 4 heteroatoms. The van der Waals surface area contributed by atoms with Crippen LogP contribution in [-0.4, -0.2) is 50.8 Å². The maximum absolute atomic E-state index is 12.2. The van der Waals surface area contributed by atoms with Crippen LogP contribution < -0.4 is 0 Å². The van der Waals surface area contributed by atoms with Crippen LogP contribution in [0.4, 0.5) is 0 Å². The Kier molecular flexibility index (Phi) is 8.17. The predicted octanol–water partition coefficient (Wildman–Crippen LogP) is 1.79. The van der Waals surface area contributed by atoms with Crippen LogP contribution in [0.15, 0.2) is 0 Å². The molecule has 0 aromatic carbocycles. The van der Waals surface area contributed by atoms with E-state index < -0.39 is 0 Å². The molecule has 0 aliphatic carbocycles. The second-order valence-electron chi connectivity index (χ2n) is 4.67. The van der Waals surface area contributed by atoms with Crippen LogP contribution in [0.25, 0.3) is 0 Å². The van der Waals surface area contributed by atoms with Crippen LogP contribution in [0.3, 0.4) is 0 Å². The number of rotatable bonds is 8. The standard InChI is InChI=1S/C13H27NO3/c1-7-14(8-10(2)9-16-5)13(15)11(3)12(4)17-6/h10-12H,7-9H2,1-6H3. The first kappa shape index (κ1) is 16.4. The van der Waals surface area contributed by atoms with Crippen LogP contribution >= 0.6 is 0 Å². The van der Waals surface area contributed by atoms with Crippen molar-refractivity contribution in [3.8, 4) is 0 Å². The molecule has 0 radical (unpaired) electrons. The van der Waals surface area contributed by atoms with Crippen molar-refractivity contribution in [1.82, 2.24) is 4.90 Å². The molecule has 0 spiro atoms. The van der Waals surface area contributed by atoms with Crippen molar-refractivity contribution in [2.45, 2.75) is 33.8 Å². The SMILES string of the molecule is CCN(CC(C)COC)C(=O)C(C)C(C)OC. The molecule has 102 valence electrons. The molecule has 0 rings (SSSR count). The van der Waals surface area contributed by atoms with E-state index in [9.17, 15) is 4.79 Å². The number of ether oxygens (including phenoxy) is 2. The summed E-state index contributed by atoms with van der Waals surface area (Å²) in [5, 5.41) is 0. The largest absolute Gasteiger partial charge is 0.384 e. The minimum Gasteiger partial charge on any atom is -0.384 e. The zero-order chi connectivity index (χ0) is 13.4. The van der Waals surface area contributed by atoms with Gasteiger partial charge in [-0.3, -0.25) is 4.79 Å². The third-order valence-corrected chi connectivity index (χ3v) is 3.14. The van der Waals surface area contributed by atoms with Gasteiger partial charge in [-0.1, -0.05) is 13.8 Å². The summed E-state index contributed by atoms with van der Waals surface area (Å²) in [5.74, 6) is 0.411. The summed E-state index contributed by atoms with van der Waals surface area (Å²) < 4.78 is 10.3. The summed E-state index contributed by atoms with van der Waals surface area (Å²) in [7, 11) is 3.32. The normalized spacial score (nSPS) is 16.4. The lowest BCUT2D eigenvalue weighted by atomic mass is 10.0. The number of nitrogens with zero attached hydrogens (tertiary/aromatic N) is 1. The van der Waals surface area contributed by atoms with E-state index >= 15 is 0 Å². The van der Waals surface area contributed by atoms with E-state index in [4.69, 9.17) is 9.47 Å². The summed E-state index contributed by atoms with van der Waals surface area (Å²) in [6.45, 7) is 10.1. The molecular weight excluding hydrogens is 218 g/mol. The predicted molar refractivity (Wildman–Crippen MR) is 68.9 cm³/mol. The Bertz CT molecular complexity index is 221.